The predicted molar refractivity (Wildman–Crippen MR) is 116 cm³/mol. The molecule has 154 valence electrons. The number of nitrogens with one attached hydrogen (secondary N) is 1. The van der Waals surface area contributed by atoms with Crippen molar-refractivity contribution in [3.8, 4) is 0 Å². The van der Waals surface area contributed by atoms with Gasteiger partial charge in [0.15, 0.2) is 0 Å². The molecule has 0 aliphatic carbocycles. The second kappa shape index (κ2) is 19.0. The molecule has 1 saturated heterocycles. The summed E-state index contributed by atoms with van der Waals surface area (Å²) in [5.74, 6) is 1.63. The SMILES string of the molecule is C.C.C.CC.CC.CC.CC(=O)N1C[C@@H](C)C[C@H]1c1nc(C)c(C)[nH]1. The second-order valence-corrected chi connectivity index (χ2v) is 4.86. The molecule has 1 aromatic heterocycles. The predicted octanol–water partition coefficient (Wildman–Crippen LogP) is 6.94. The van der Waals surface area contributed by atoms with Crippen molar-refractivity contribution in [3.63, 3.8) is 0 Å². The molecule has 2 heterocycles. The van der Waals surface area contributed by atoms with Crippen LogP contribution in [0.4, 0.5) is 0 Å². The van der Waals surface area contributed by atoms with Crippen LogP contribution in [0.1, 0.15) is 107 Å². The second-order valence-electron chi connectivity index (χ2n) is 4.86. The minimum atomic E-state index is 0. The molecular formula is C21H49N3O. The number of aryl methyl sites for hydroxylation is 2. The molecule has 2 rings (SSSR count). The highest BCUT2D eigenvalue weighted by atomic mass is 16.2. The van der Waals surface area contributed by atoms with Crippen molar-refractivity contribution >= 4 is 5.91 Å². The van der Waals surface area contributed by atoms with Crippen LogP contribution in [0.25, 0.3) is 0 Å². The van der Waals surface area contributed by atoms with Gasteiger partial charge in [-0.25, -0.2) is 4.98 Å². The van der Waals surface area contributed by atoms with Gasteiger partial charge in [-0.15, -0.1) is 0 Å². The van der Waals surface area contributed by atoms with Crippen LogP contribution in [0.2, 0.25) is 0 Å². The van der Waals surface area contributed by atoms with E-state index in [-0.39, 0.29) is 34.2 Å². The quantitative estimate of drug-likeness (QED) is 0.590. The number of amides is 1. The lowest BCUT2D eigenvalue weighted by Crippen LogP contribution is -2.29. The molecule has 1 aliphatic rings. The zero-order chi connectivity index (χ0) is 17.9. The molecule has 1 N–H and O–H groups in total. The fraction of sp³-hybridized carbons (Fsp3) is 0.810. The van der Waals surface area contributed by atoms with Crippen molar-refractivity contribution in [2.45, 2.75) is 104 Å². The number of aromatic nitrogens is 2. The van der Waals surface area contributed by atoms with Gasteiger partial charge in [0.05, 0.1) is 11.7 Å². The molecule has 1 aromatic rings. The smallest absolute Gasteiger partial charge is 0.220 e. The summed E-state index contributed by atoms with van der Waals surface area (Å²) in [6.45, 7) is 20.7. The molecule has 4 heteroatoms. The minimum absolute atomic E-state index is 0. The van der Waals surface area contributed by atoms with Gasteiger partial charge < -0.3 is 9.88 Å². The van der Waals surface area contributed by atoms with Crippen LogP contribution in [0.5, 0.6) is 0 Å². The number of rotatable bonds is 1. The first-order valence-electron chi connectivity index (χ1n) is 8.79. The maximum atomic E-state index is 11.6. The number of carbonyl (C=O) groups is 1. The number of aromatic amines is 1. The maximum absolute atomic E-state index is 11.6. The van der Waals surface area contributed by atoms with Crippen LogP contribution in [0, 0.1) is 19.8 Å². The van der Waals surface area contributed by atoms with Crippen molar-refractivity contribution in [1.82, 2.24) is 14.9 Å². The highest BCUT2D eigenvalue weighted by Crippen LogP contribution is 2.34. The number of H-pyrrole nitrogens is 1. The average Bonchev–Trinajstić information content (AvgIpc) is 3.09. The first-order valence-corrected chi connectivity index (χ1v) is 8.79. The largest absolute Gasteiger partial charge is 0.344 e. The highest BCUT2D eigenvalue weighted by molar-refractivity contribution is 5.74. The third-order valence-corrected chi connectivity index (χ3v) is 3.38. The third-order valence-electron chi connectivity index (χ3n) is 3.38. The fourth-order valence-electron chi connectivity index (χ4n) is 2.39. The minimum Gasteiger partial charge on any atom is -0.344 e. The van der Waals surface area contributed by atoms with E-state index in [1.165, 1.54) is 0 Å². The van der Waals surface area contributed by atoms with Gasteiger partial charge in [-0.05, 0) is 26.2 Å². The molecule has 25 heavy (non-hydrogen) atoms. The number of hydrogen-bond acceptors (Lipinski definition) is 2. The Morgan fingerprint density at radius 1 is 1.04 bits per heavy atom. The molecule has 1 aliphatic heterocycles. The lowest BCUT2D eigenvalue weighted by Gasteiger charge is -2.21. The standard InChI is InChI=1S/C12H19N3O.3C2H6.3CH4/c1-7-5-11(15(6-7)10(4)16)12-13-8(2)9(3)14-12;3*1-2;;;/h7,11H,5-6H2,1-4H3,(H,13,14);3*1-2H3;3*1H4/t7-,11-;;;;;;/m0....../s1. The molecule has 0 spiro atoms. The van der Waals surface area contributed by atoms with Gasteiger partial charge in [0.2, 0.25) is 5.91 Å². The molecule has 0 saturated carbocycles. The molecule has 0 aromatic carbocycles. The van der Waals surface area contributed by atoms with Crippen molar-refractivity contribution in [1.29, 1.82) is 0 Å². The molecule has 0 bridgehead atoms. The van der Waals surface area contributed by atoms with E-state index in [9.17, 15) is 4.79 Å². The number of hydrogen-bond donors (Lipinski definition) is 1. The third kappa shape index (κ3) is 10.3. The maximum Gasteiger partial charge on any atom is 0.220 e. The molecule has 1 fully saturated rings. The van der Waals surface area contributed by atoms with Crippen LogP contribution in [0.3, 0.4) is 0 Å². The van der Waals surface area contributed by atoms with Gasteiger partial charge in [0, 0.05) is 19.2 Å². The molecule has 2 atom stereocenters. The van der Waals surface area contributed by atoms with E-state index in [1.807, 2.05) is 60.3 Å². The Hall–Kier alpha value is -1.32. The van der Waals surface area contributed by atoms with E-state index < -0.39 is 0 Å². The monoisotopic (exact) mass is 359 g/mol. The lowest BCUT2D eigenvalue weighted by atomic mass is 10.1. The Kier molecular flexibility index (Phi) is 26.5. The first-order chi connectivity index (χ1) is 10.5. The number of carbonyl (C=O) groups excluding carboxylic acids is 1. The van der Waals surface area contributed by atoms with E-state index in [4.69, 9.17) is 0 Å². The van der Waals surface area contributed by atoms with Gasteiger partial charge in [-0.2, -0.15) is 0 Å². The van der Waals surface area contributed by atoms with Crippen molar-refractivity contribution < 1.29 is 4.79 Å². The number of imidazole rings is 1. The van der Waals surface area contributed by atoms with E-state index in [0.29, 0.717) is 5.92 Å². The zero-order valence-electron chi connectivity index (χ0n) is 16.4. The van der Waals surface area contributed by atoms with Crippen LogP contribution < -0.4 is 0 Å². The molecule has 0 unspecified atom stereocenters. The summed E-state index contributed by atoms with van der Waals surface area (Å²) in [6.07, 6.45) is 1.01. The summed E-state index contributed by atoms with van der Waals surface area (Å²) in [6, 6.07) is 0.139. The van der Waals surface area contributed by atoms with E-state index >= 15 is 0 Å². The van der Waals surface area contributed by atoms with E-state index in [2.05, 4.69) is 16.9 Å². The van der Waals surface area contributed by atoms with Crippen LogP contribution in [-0.2, 0) is 4.79 Å². The van der Waals surface area contributed by atoms with Crippen molar-refractivity contribution in [2.24, 2.45) is 5.92 Å². The summed E-state index contributed by atoms with van der Waals surface area (Å²) in [4.78, 5) is 21.3. The lowest BCUT2D eigenvalue weighted by molar-refractivity contribution is -0.130. The van der Waals surface area contributed by atoms with Gasteiger partial charge in [-0.1, -0.05) is 70.7 Å². The topological polar surface area (TPSA) is 49.0 Å². The highest BCUT2D eigenvalue weighted by Gasteiger charge is 2.34. The summed E-state index contributed by atoms with van der Waals surface area (Å²) < 4.78 is 0. The Labute approximate surface area is 159 Å². The molecule has 0 radical (unpaired) electrons. The van der Waals surface area contributed by atoms with Gasteiger partial charge in [-0.3, -0.25) is 4.79 Å². The van der Waals surface area contributed by atoms with Gasteiger partial charge >= 0.3 is 0 Å². The fourth-order valence-corrected chi connectivity index (χ4v) is 2.39. The Morgan fingerprint density at radius 3 is 1.80 bits per heavy atom. The number of nitrogens with zero attached hydrogens (tertiary/aromatic N) is 2. The Balaban J connectivity index is -0.000000135. The van der Waals surface area contributed by atoms with Crippen molar-refractivity contribution in [3.05, 3.63) is 17.2 Å². The normalized spacial score (nSPS) is 16.8. The Bertz CT molecular complexity index is 394. The zero-order valence-corrected chi connectivity index (χ0v) is 16.4. The van der Waals surface area contributed by atoms with E-state index in [0.717, 1.165) is 30.2 Å². The van der Waals surface area contributed by atoms with Crippen LogP contribution >= 0.6 is 0 Å². The Morgan fingerprint density at radius 2 is 1.48 bits per heavy atom. The van der Waals surface area contributed by atoms with E-state index in [1.54, 1.807) is 6.92 Å². The first kappa shape index (κ1) is 34.9. The summed E-state index contributed by atoms with van der Waals surface area (Å²) in [5.41, 5.74) is 2.12. The summed E-state index contributed by atoms with van der Waals surface area (Å²) in [5, 5.41) is 0. The van der Waals surface area contributed by atoms with Crippen LogP contribution in [0.15, 0.2) is 0 Å². The summed E-state index contributed by atoms with van der Waals surface area (Å²) in [7, 11) is 0. The molecule has 1 amide bonds. The average molecular weight is 360 g/mol. The van der Waals surface area contributed by atoms with Gasteiger partial charge in [0.1, 0.15) is 5.82 Å². The molecular weight excluding hydrogens is 310 g/mol. The summed E-state index contributed by atoms with van der Waals surface area (Å²) >= 11 is 0. The van der Waals surface area contributed by atoms with Gasteiger partial charge in [0.25, 0.3) is 0 Å². The van der Waals surface area contributed by atoms with Crippen molar-refractivity contribution in [2.75, 3.05) is 6.54 Å². The number of likely N-dealkylation sites (tertiary alicyclic amines) is 1. The molecule has 4 nitrogen and oxygen atoms in total. The van der Waals surface area contributed by atoms with Crippen LogP contribution in [-0.4, -0.2) is 27.3 Å².